The molecule has 0 spiro atoms. The van der Waals surface area contributed by atoms with Crippen LogP contribution in [0, 0.1) is 13.8 Å². The third kappa shape index (κ3) is 5.72. The van der Waals surface area contributed by atoms with Crippen molar-refractivity contribution in [2.24, 2.45) is 5.73 Å². The Labute approximate surface area is 146 Å². The second-order valence-corrected chi connectivity index (χ2v) is 5.81. The molecule has 0 aliphatic heterocycles. The van der Waals surface area contributed by atoms with Crippen molar-refractivity contribution in [3.05, 3.63) is 57.3 Å². The number of carbonyl (C=O) groups is 1. The molecule has 0 saturated carbocycles. The minimum Gasteiger partial charge on any atom is -0.493 e. The first-order valence-corrected chi connectivity index (χ1v) is 8.28. The smallest absolute Gasteiger partial charge is 0.251 e. The molecule has 134 valence electrons. The zero-order valence-electron chi connectivity index (χ0n) is 14.6. The lowest BCUT2D eigenvalue weighted by Crippen LogP contribution is -2.27. The van der Waals surface area contributed by atoms with Gasteiger partial charge in [0.15, 0.2) is 0 Å². The van der Waals surface area contributed by atoms with Gasteiger partial charge in [0.1, 0.15) is 11.6 Å². The molecule has 25 heavy (non-hydrogen) atoms. The summed E-state index contributed by atoms with van der Waals surface area (Å²) >= 11 is 0. The number of aromatic amines is 1. The van der Waals surface area contributed by atoms with Gasteiger partial charge in [-0.25, -0.2) is 4.98 Å². The highest BCUT2D eigenvalue weighted by Gasteiger charge is 2.09. The highest BCUT2D eigenvalue weighted by atomic mass is 16.5. The summed E-state index contributed by atoms with van der Waals surface area (Å²) in [5.74, 6) is 1.05. The Kier molecular flexibility index (Phi) is 6.71. The Morgan fingerprint density at radius 2 is 2.12 bits per heavy atom. The zero-order chi connectivity index (χ0) is 18.2. The van der Waals surface area contributed by atoms with E-state index in [0.717, 1.165) is 12.0 Å². The number of hydrogen-bond acceptors (Lipinski definition) is 5. The molecule has 0 unspecified atom stereocenters. The normalized spacial score (nSPS) is 10.5. The van der Waals surface area contributed by atoms with Crippen LogP contribution in [0.15, 0.2) is 29.1 Å². The molecule has 0 fully saturated rings. The predicted octanol–water partition coefficient (Wildman–Crippen LogP) is 1.09. The summed E-state index contributed by atoms with van der Waals surface area (Å²) in [6.07, 6.45) is 1.21. The molecule has 0 bridgehead atoms. The number of aryl methyl sites for hydroxylation is 2. The van der Waals surface area contributed by atoms with E-state index in [1.165, 1.54) is 6.07 Å². The van der Waals surface area contributed by atoms with Crippen LogP contribution in [-0.4, -0.2) is 35.6 Å². The molecule has 7 nitrogen and oxygen atoms in total. The average Bonchev–Trinajstić information content (AvgIpc) is 2.55. The number of rotatable bonds is 8. The molecule has 7 heteroatoms. The molecular formula is C18H24N4O3. The van der Waals surface area contributed by atoms with E-state index in [0.29, 0.717) is 48.9 Å². The first kappa shape index (κ1) is 18.7. The molecule has 1 heterocycles. The van der Waals surface area contributed by atoms with E-state index in [4.69, 9.17) is 10.5 Å². The van der Waals surface area contributed by atoms with Gasteiger partial charge in [-0.1, -0.05) is 6.07 Å². The van der Waals surface area contributed by atoms with E-state index in [1.54, 1.807) is 19.1 Å². The first-order valence-electron chi connectivity index (χ1n) is 8.28. The molecular weight excluding hydrogens is 320 g/mol. The van der Waals surface area contributed by atoms with Crippen molar-refractivity contribution in [2.75, 3.05) is 19.7 Å². The third-order valence-corrected chi connectivity index (χ3v) is 3.62. The number of benzene rings is 1. The molecule has 0 aliphatic carbocycles. The Balaban J connectivity index is 1.93. The third-order valence-electron chi connectivity index (χ3n) is 3.62. The minimum absolute atomic E-state index is 0.188. The van der Waals surface area contributed by atoms with E-state index in [2.05, 4.69) is 15.3 Å². The van der Waals surface area contributed by atoms with Gasteiger partial charge in [-0.15, -0.1) is 0 Å². The fourth-order valence-electron chi connectivity index (χ4n) is 2.32. The fourth-order valence-corrected chi connectivity index (χ4v) is 2.32. The Morgan fingerprint density at radius 3 is 2.84 bits per heavy atom. The zero-order valence-corrected chi connectivity index (χ0v) is 14.6. The van der Waals surface area contributed by atoms with Crippen molar-refractivity contribution in [3.8, 4) is 5.75 Å². The summed E-state index contributed by atoms with van der Waals surface area (Å²) < 4.78 is 5.66. The van der Waals surface area contributed by atoms with E-state index in [1.807, 2.05) is 13.0 Å². The first-order chi connectivity index (χ1) is 12.0. The number of aromatic nitrogens is 2. The van der Waals surface area contributed by atoms with Crippen molar-refractivity contribution in [1.82, 2.24) is 15.3 Å². The van der Waals surface area contributed by atoms with Gasteiger partial charge in [-0.3, -0.25) is 9.59 Å². The number of ether oxygens (including phenoxy) is 1. The van der Waals surface area contributed by atoms with Gasteiger partial charge in [0.2, 0.25) is 0 Å². The number of H-pyrrole nitrogens is 1. The number of nitrogens with two attached hydrogens (primary N) is 1. The molecule has 1 aromatic heterocycles. The molecule has 0 radical (unpaired) electrons. The minimum atomic E-state index is -0.196. The van der Waals surface area contributed by atoms with Crippen LogP contribution in [0.1, 0.15) is 33.9 Å². The lowest BCUT2D eigenvalue weighted by molar-refractivity contribution is 0.0953. The van der Waals surface area contributed by atoms with Gasteiger partial charge in [0.05, 0.1) is 6.61 Å². The largest absolute Gasteiger partial charge is 0.493 e. The molecule has 2 rings (SSSR count). The van der Waals surface area contributed by atoms with Crippen LogP contribution >= 0.6 is 0 Å². The molecule has 0 saturated heterocycles. The van der Waals surface area contributed by atoms with Crippen LogP contribution < -0.4 is 21.3 Å². The average molecular weight is 344 g/mol. The second kappa shape index (κ2) is 8.98. The highest BCUT2D eigenvalue weighted by Crippen LogP contribution is 2.19. The Hall–Kier alpha value is -2.67. The van der Waals surface area contributed by atoms with E-state index in [-0.39, 0.29) is 11.5 Å². The van der Waals surface area contributed by atoms with Crippen molar-refractivity contribution in [3.63, 3.8) is 0 Å². The monoisotopic (exact) mass is 344 g/mol. The second-order valence-electron chi connectivity index (χ2n) is 5.81. The SMILES string of the molecule is Cc1cc(=O)[nH]c(CCNC(=O)c2ccc(C)c(OCCCN)c2)n1. The summed E-state index contributed by atoms with van der Waals surface area (Å²) in [6, 6.07) is 6.77. The van der Waals surface area contributed by atoms with E-state index in [9.17, 15) is 9.59 Å². The standard InChI is InChI=1S/C18H24N4O3/c1-12-4-5-14(11-15(12)25-9-3-7-19)18(24)20-8-6-16-21-13(2)10-17(23)22-16/h4-5,10-11H,3,6-9,19H2,1-2H3,(H,20,24)(H,21,22,23). The Bertz CT molecular complexity index is 786. The number of amides is 1. The van der Waals surface area contributed by atoms with Gasteiger partial charge >= 0.3 is 0 Å². The van der Waals surface area contributed by atoms with Crippen LogP contribution in [0.25, 0.3) is 0 Å². The molecule has 4 N–H and O–H groups in total. The number of carbonyl (C=O) groups excluding carboxylic acids is 1. The van der Waals surface area contributed by atoms with Crippen molar-refractivity contribution in [1.29, 1.82) is 0 Å². The number of nitrogens with zero attached hydrogens (tertiary/aromatic N) is 1. The quantitative estimate of drug-likeness (QED) is 0.621. The fraction of sp³-hybridized carbons (Fsp3) is 0.389. The van der Waals surface area contributed by atoms with Crippen molar-refractivity contribution < 1.29 is 9.53 Å². The topological polar surface area (TPSA) is 110 Å². The van der Waals surface area contributed by atoms with Crippen LogP contribution in [-0.2, 0) is 6.42 Å². The lowest BCUT2D eigenvalue weighted by atomic mass is 10.1. The maximum atomic E-state index is 12.3. The Morgan fingerprint density at radius 1 is 1.32 bits per heavy atom. The van der Waals surface area contributed by atoms with Gasteiger partial charge in [-0.2, -0.15) is 0 Å². The van der Waals surface area contributed by atoms with Gasteiger partial charge in [0.25, 0.3) is 11.5 Å². The van der Waals surface area contributed by atoms with Gasteiger partial charge < -0.3 is 20.8 Å². The number of nitrogens with one attached hydrogen (secondary N) is 2. The summed E-state index contributed by atoms with van der Waals surface area (Å²) in [4.78, 5) is 30.6. The highest BCUT2D eigenvalue weighted by molar-refractivity contribution is 5.94. The van der Waals surface area contributed by atoms with Crippen LogP contribution in [0.4, 0.5) is 0 Å². The maximum Gasteiger partial charge on any atom is 0.251 e. The lowest BCUT2D eigenvalue weighted by Gasteiger charge is -2.11. The van der Waals surface area contributed by atoms with Crippen molar-refractivity contribution in [2.45, 2.75) is 26.7 Å². The van der Waals surface area contributed by atoms with E-state index < -0.39 is 0 Å². The van der Waals surface area contributed by atoms with Crippen LogP contribution in [0.2, 0.25) is 0 Å². The van der Waals surface area contributed by atoms with Crippen LogP contribution in [0.5, 0.6) is 5.75 Å². The molecule has 2 aromatic rings. The molecule has 0 aliphatic rings. The van der Waals surface area contributed by atoms with Crippen molar-refractivity contribution >= 4 is 5.91 Å². The maximum absolute atomic E-state index is 12.3. The van der Waals surface area contributed by atoms with E-state index >= 15 is 0 Å². The van der Waals surface area contributed by atoms with Crippen LogP contribution in [0.3, 0.4) is 0 Å². The summed E-state index contributed by atoms with van der Waals surface area (Å²) in [5, 5.41) is 2.82. The van der Waals surface area contributed by atoms with Gasteiger partial charge in [0, 0.05) is 30.3 Å². The summed E-state index contributed by atoms with van der Waals surface area (Å²) in [6.45, 7) is 5.15. The summed E-state index contributed by atoms with van der Waals surface area (Å²) in [7, 11) is 0. The number of hydrogen-bond donors (Lipinski definition) is 3. The van der Waals surface area contributed by atoms with Gasteiger partial charge in [-0.05, 0) is 44.5 Å². The summed E-state index contributed by atoms with van der Waals surface area (Å²) in [5.41, 5.74) is 7.42. The predicted molar refractivity (Wildman–Crippen MR) is 96.0 cm³/mol. The molecule has 0 atom stereocenters. The molecule has 1 aromatic carbocycles. The molecule has 1 amide bonds.